The fourth-order valence-corrected chi connectivity index (χ4v) is 3.86. The minimum Gasteiger partial charge on any atom is -0.356 e. The lowest BCUT2D eigenvalue weighted by atomic mass is 10.2. The van der Waals surface area contributed by atoms with Gasteiger partial charge in [0.05, 0.1) is 11.5 Å². The highest BCUT2D eigenvalue weighted by atomic mass is 79.9. The number of anilines is 1. The van der Waals surface area contributed by atoms with Gasteiger partial charge in [-0.1, -0.05) is 0 Å². The van der Waals surface area contributed by atoms with Crippen molar-refractivity contribution < 1.29 is 8.42 Å². The first-order valence-electron chi connectivity index (χ1n) is 4.89. The molecule has 0 saturated carbocycles. The summed E-state index contributed by atoms with van der Waals surface area (Å²) in [6.07, 6.45) is 2.12. The number of halogens is 1. The second-order valence-electron chi connectivity index (χ2n) is 3.87. The Morgan fingerprint density at radius 1 is 1.50 bits per heavy atom. The van der Waals surface area contributed by atoms with E-state index in [0.29, 0.717) is 11.0 Å². The summed E-state index contributed by atoms with van der Waals surface area (Å²) in [7, 11) is -0.994. The van der Waals surface area contributed by atoms with E-state index in [2.05, 4.69) is 25.9 Å². The second-order valence-corrected chi connectivity index (χ2v) is 6.91. The zero-order valence-electron chi connectivity index (χ0n) is 8.80. The molecule has 0 amide bonds. The SMILES string of the molecule is CN(c1cc(Br)ncn1)C1CCS(=O)(=O)C1. The minimum absolute atomic E-state index is 0.0202. The largest absolute Gasteiger partial charge is 0.356 e. The van der Waals surface area contributed by atoms with Crippen molar-refractivity contribution >= 4 is 31.6 Å². The average Bonchev–Trinajstić information content (AvgIpc) is 2.58. The molecular weight excluding hydrogens is 294 g/mol. The Balaban J connectivity index is 2.17. The summed E-state index contributed by atoms with van der Waals surface area (Å²) in [4.78, 5) is 9.96. The van der Waals surface area contributed by atoms with E-state index in [1.165, 1.54) is 6.33 Å². The molecule has 0 radical (unpaired) electrons. The molecule has 0 aliphatic carbocycles. The standard InChI is InChI=1S/C9H12BrN3O2S/c1-13(7-2-3-16(14,15)5-7)9-4-8(10)11-6-12-9/h4,6-7H,2-3,5H2,1H3. The van der Waals surface area contributed by atoms with E-state index in [1.54, 1.807) is 6.07 Å². The van der Waals surface area contributed by atoms with Crippen LogP contribution in [0.5, 0.6) is 0 Å². The zero-order chi connectivity index (χ0) is 11.8. The Kier molecular flexibility index (Phi) is 3.16. The van der Waals surface area contributed by atoms with Crippen molar-refractivity contribution in [3.63, 3.8) is 0 Å². The van der Waals surface area contributed by atoms with E-state index in [-0.39, 0.29) is 17.5 Å². The quantitative estimate of drug-likeness (QED) is 0.759. The second kappa shape index (κ2) is 4.29. The van der Waals surface area contributed by atoms with Gasteiger partial charge in [-0.3, -0.25) is 0 Å². The Morgan fingerprint density at radius 2 is 2.25 bits per heavy atom. The number of nitrogens with zero attached hydrogens (tertiary/aromatic N) is 3. The average molecular weight is 306 g/mol. The molecule has 1 saturated heterocycles. The van der Waals surface area contributed by atoms with Crippen LogP contribution in [0.15, 0.2) is 17.0 Å². The van der Waals surface area contributed by atoms with Crippen molar-refractivity contribution in [1.82, 2.24) is 9.97 Å². The summed E-state index contributed by atoms with van der Waals surface area (Å²) < 4.78 is 23.4. The van der Waals surface area contributed by atoms with Crippen LogP contribution in [0.25, 0.3) is 0 Å². The van der Waals surface area contributed by atoms with Crippen LogP contribution in [-0.2, 0) is 9.84 Å². The highest BCUT2D eigenvalue weighted by Crippen LogP contribution is 2.22. The van der Waals surface area contributed by atoms with Gasteiger partial charge < -0.3 is 4.90 Å². The van der Waals surface area contributed by atoms with Gasteiger partial charge in [0.25, 0.3) is 0 Å². The summed E-state index contributed by atoms with van der Waals surface area (Å²) in [6.45, 7) is 0. The maximum Gasteiger partial charge on any atom is 0.152 e. The molecule has 2 heterocycles. The van der Waals surface area contributed by atoms with Gasteiger partial charge in [-0.25, -0.2) is 18.4 Å². The molecule has 0 aromatic carbocycles. The van der Waals surface area contributed by atoms with Gasteiger partial charge in [-0.15, -0.1) is 0 Å². The fourth-order valence-electron chi connectivity index (χ4n) is 1.79. The molecule has 5 nitrogen and oxygen atoms in total. The highest BCUT2D eigenvalue weighted by molar-refractivity contribution is 9.10. The lowest BCUT2D eigenvalue weighted by Crippen LogP contribution is -2.33. The molecule has 1 aliphatic heterocycles. The Hall–Kier alpha value is -0.690. The normalized spacial score (nSPS) is 23.2. The van der Waals surface area contributed by atoms with E-state index in [1.807, 2.05) is 11.9 Å². The molecule has 1 aromatic rings. The number of sulfone groups is 1. The maximum atomic E-state index is 11.4. The lowest BCUT2D eigenvalue weighted by molar-refractivity contribution is 0.600. The predicted octanol–water partition coefficient (Wildman–Crippen LogP) is 0.862. The first-order valence-corrected chi connectivity index (χ1v) is 7.50. The first kappa shape index (κ1) is 11.8. The Bertz CT molecular complexity index is 491. The summed E-state index contributed by atoms with van der Waals surface area (Å²) in [5.41, 5.74) is 0. The van der Waals surface area contributed by atoms with Gasteiger partial charge in [-0.2, -0.15) is 0 Å². The molecule has 1 aliphatic rings. The first-order chi connectivity index (χ1) is 7.48. The molecule has 16 heavy (non-hydrogen) atoms. The van der Waals surface area contributed by atoms with Crippen molar-refractivity contribution in [3.05, 3.63) is 17.0 Å². The zero-order valence-corrected chi connectivity index (χ0v) is 11.2. The van der Waals surface area contributed by atoms with Gasteiger partial charge in [0.1, 0.15) is 16.7 Å². The third-order valence-corrected chi connectivity index (χ3v) is 4.92. The molecule has 0 N–H and O–H groups in total. The summed E-state index contributed by atoms with van der Waals surface area (Å²) >= 11 is 3.27. The fraction of sp³-hybridized carbons (Fsp3) is 0.556. The topological polar surface area (TPSA) is 63.2 Å². The van der Waals surface area contributed by atoms with E-state index in [9.17, 15) is 8.42 Å². The smallest absolute Gasteiger partial charge is 0.152 e. The van der Waals surface area contributed by atoms with Crippen LogP contribution in [0.1, 0.15) is 6.42 Å². The molecule has 88 valence electrons. The molecular formula is C9H12BrN3O2S. The van der Waals surface area contributed by atoms with Crippen LogP contribution in [0, 0.1) is 0 Å². The van der Waals surface area contributed by atoms with Crippen LogP contribution < -0.4 is 4.90 Å². The van der Waals surface area contributed by atoms with Crippen molar-refractivity contribution in [2.45, 2.75) is 12.5 Å². The van der Waals surface area contributed by atoms with E-state index >= 15 is 0 Å². The minimum atomic E-state index is -2.86. The van der Waals surface area contributed by atoms with Gasteiger partial charge in [0.15, 0.2) is 9.84 Å². The van der Waals surface area contributed by atoms with Crippen molar-refractivity contribution in [2.75, 3.05) is 23.5 Å². The number of aromatic nitrogens is 2. The van der Waals surface area contributed by atoms with Crippen molar-refractivity contribution in [1.29, 1.82) is 0 Å². The lowest BCUT2D eigenvalue weighted by Gasteiger charge is -2.24. The maximum absolute atomic E-state index is 11.4. The van der Waals surface area contributed by atoms with Gasteiger partial charge in [0, 0.05) is 19.2 Å². The van der Waals surface area contributed by atoms with Gasteiger partial charge in [0.2, 0.25) is 0 Å². The Labute approximate surface area is 103 Å². The van der Waals surface area contributed by atoms with Crippen LogP contribution in [0.3, 0.4) is 0 Å². The van der Waals surface area contributed by atoms with E-state index in [4.69, 9.17) is 0 Å². The van der Waals surface area contributed by atoms with E-state index in [0.717, 1.165) is 5.82 Å². The molecule has 1 atom stereocenters. The van der Waals surface area contributed by atoms with Crippen LogP contribution >= 0.6 is 15.9 Å². The van der Waals surface area contributed by atoms with Crippen molar-refractivity contribution in [2.24, 2.45) is 0 Å². The van der Waals surface area contributed by atoms with Gasteiger partial charge in [-0.05, 0) is 22.4 Å². The van der Waals surface area contributed by atoms with Crippen LogP contribution in [0.2, 0.25) is 0 Å². The van der Waals surface area contributed by atoms with E-state index < -0.39 is 9.84 Å². The molecule has 1 unspecified atom stereocenters. The summed E-state index contributed by atoms with van der Waals surface area (Å²) in [5.74, 6) is 1.23. The molecule has 1 aromatic heterocycles. The third-order valence-electron chi connectivity index (χ3n) is 2.74. The molecule has 0 spiro atoms. The summed E-state index contributed by atoms with van der Waals surface area (Å²) in [5, 5.41) is 0. The monoisotopic (exact) mass is 305 g/mol. The number of rotatable bonds is 2. The van der Waals surface area contributed by atoms with Gasteiger partial charge >= 0.3 is 0 Å². The number of hydrogen-bond acceptors (Lipinski definition) is 5. The third kappa shape index (κ3) is 2.52. The van der Waals surface area contributed by atoms with Crippen LogP contribution in [0.4, 0.5) is 5.82 Å². The number of hydrogen-bond donors (Lipinski definition) is 0. The molecule has 0 bridgehead atoms. The predicted molar refractivity (Wildman–Crippen MR) is 65.2 cm³/mol. The molecule has 1 fully saturated rings. The molecule has 2 rings (SSSR count). The highest BCUT2D eigenvalue weighted by Gasteiger charge is 2.31. The summed E-state index contributed by atoms with van der Waals surface area (Å²) in [6, 6.07) is 1.80. The van der Waals surface area contributed by atoms with Crippen molar-refractivity contribution in [3.8, 4) is 0 Å². The Morgan fingerprint density at radius 3 is 2.81 bits per heavy atom. The van der Waals surface area contributed by atoms with Crippen LogP contribution in [-0.4, -0.2) is 43.0 Å². The molecule has 7 heteroatoms.